The first kappa shape index (κ1) is 34.6. The van der Waals surface area contributed by atoms with Crippen LogP contribution in [0.15, 0.2) is 91.0 Å². The Balaban J connectivity index is 1.05. The Hall–Kier alpha value is -2.66. The highest BCUT2D eigenvalue weighted by Crippen LogP contribution is 2.79. The summed E-state index contributed by atoms with van der Waals surface area (Å²) < 4.78 is 0. The van der Waals surface area contributed by atoms with Gasteiger partial charge in [0.2, 0.25) is 0 Å². The molecule has 3 aromatic carbocycles. The van der Waals surface area contributed by atoms with E-state index < -0.39 is 7.92 Å². The van der Waals surface area contributed by atoms with Crippen molar-refractivity contribution < 1.29 is 0 Å². The van der Waals surface area contributed by atoms with E-state index in [4.69, 9.17) is 9.97 Å². The lowest BCUT2D eigenvalue weighted by atomic mass is 9.55. The molecule has 8 saturated carbocycles. The van der Waals surface area contributed by atoms with E-state index in [1.54, 1.807) is 88.2 Å². The molecule has 0 radical (unpaired) electrons. The van der Waals surface area contributed by atoms with E-state index in [9.17, 15) is 0 Å². The molecule has 8 aliphatic carbocycles. The highest BCUT2D eigenvalue weighted by molar-refractivity contribution is 7.71. The van der Waals surface area contributed by atoms with Gasteiger partial charge in [0.25, 0.3) is 0 Å². The summed E-state index contributed by atoms with van der Waals surface area (Å²) in [5.74, 6) is 6.10. The number of hydrogen-bond donors (Lipinski definition) is 0. The van der Waals surface area contributed by atoms with Crippen molar-refractivity contribution in [1.82, 2.24) is 9.97 Å². The quantitative estimate of drug-likeness (QED) is 0.148. The van der Waals surface area contributed by atoms with Gasteiger partial charge in [-0.1, -0.05) is 95.4 Å². The zero-order valence-electron chi connectivity index (χ0n) is 32.8. The van der Waals surface area contributed by atoms with Gasteiger partial charge in [-0.05, 0) is 175 Å². The fourth-order valence-electron chi connectivity index (χ4n) is 14.1. The number of rotatable bonds is 8. The van der Waals surface area contributed by atoms with Gasteiger partial charge in [-0.25, -0.2) is 9.97 Å². The number of para-hydroxylation sites is 2. The lowest BCUT2D eigenvalue weighted by Gasteiger charge is -2.67. The second-order valence-corrected chi connectivity index (χ2v) is 25.6. The Morgan fingerprint density at radius 3 is 1.41 bits per heavy atom. The van der Waals surface area contributed by atoms with E-state index in [2.05, 4.69) is 112 Å². The first-order chi connectivity index (χ1) is 26.2. The molecular formula is C50H58N2P2. The Bertz CT molecular complexity index is 2040. The third-order valence-corrected chi connectivity index (χ3v) is 21.9. The Labute approximate surface area is 326 Å². The van der Waals surface area contributed by atoms with Gasteiger partial charge in [0.1, 0.15) is 0 Å². The Kier molecular flexibility index (Phi) is 8.28. The SMILES string of the molecule is CC(C)(C)c1ccc(CP(C23CC4CC(CC(C4)C2)C3)C23CC4CC(CC(C4)C2)C3)c(CP(c2ccc3ccccc3n2)c2ccc3ccccc3n2)c1. The molecule has 2 aromatic heterocycles. The van der Waals surface area contributed by atoms with Gasteiger partial charge in [0.05, 0.1) is 21.9 Å². The van der Waals surface area contributed by atoms with Crippen LogP contribution in [-0.2, 0) is 17.7 Å². The molecule has 2 heterocycles. The summed E-state index contributed by atoms with van der Waals surface area (Å²) in [6.07, 6.45) is 21.1. The van der Waals surface area contributed by atoms with Crippen LogP contribution in [0.1, 0.15) is 115 Å². The Morgan fingerprint density at radius 1 is 0.519 bits per heavy atom. The van der Waals surface area contributed by atoms with E-state index in [-0.39, 0.29) is 13.3 Å². The third kappa shape index (κ3) is 6.02. The molecule has 0 aliphatic heterocycles. The van der Waals surface area contributed by atoms with Crippen molar-refractivity contribution >= 4 is 48.5 Å². The van der Waals surface area contributed by atoms with Crippen molar-refractivity contribution in [2.75, 3.05) is 0 Å². The summed E-state index contributed by atoms with van der Waals surface area (Å²) in [6, 6.07) is 34.4. The Morgan fingerprint density at radius 2 is 0.963 bits per heavy atom. The maximum atomic E-state index is 5.44. The molecule has 0 unspecified atom stereocenters. The fourth-order valence-corrected chi connectivity index (χ4v) is 21.4. The van der Waals surface area contributed by atoms with E-state index in [0.29, 0.717) is 10.3 Å². The predicted molar refractivity (Wildman–Crippen MR) is 231 cm³/mol. The molecule has 2 nitrogen and oxygen atoms in total. The molecular weight excluding hydrogens is 691 g/mol. The van der Waals surface area contributed by atoms with Crippen molar-refractivity contribution in [1.29, 1.82) is 0 Å². The lowest BCUT2D eigenvalue weighted by Crippen LogP contribution is -2.56. The average Bonchev–Trinajstić information content (AvgIpc) is 3.14. The van der Waals surface area contributed by atoms with Crippen LogP contribution in [0.3, 0.4) is 0 Å². The van der Waals surface area contributed by atoms with Gasteiger partial charge in [-0.2, -0.15) is 0 Å². The fraction of sp³-hybridized carbons (Fsp3) is 0.520. The number of nitrogens with zero attached hydrogens (tertiary/aromatic N) is 2. The van der Waals surface area contributed by atoms with Crippen LogP contribution in [0, 0.1) is 35.5 Å². The summed E-state index contributed by atoms with van der Waals surface area (Å²) in [4.78, 5) is 10.9. The maximum Gasteiger partial charge on any atom is 0.0709 e. The number of fused-ring (bicyclic) bond motifs is 2. The van der Waals surface area contributed by atoms with Crippen molar-refractivity contribution in [2.24, 2.45) is 35.5 Å². The molecule has 5 aromatic rings. The number of benzene rings is 3. The standard InChI is InChI=1S/C50H58N2P2/c1-48(2,3)43-15-12-41(32-54(49-25-33-18-34(26-49)20-35(19-33)27-49)50-28-36-21-37(29-50)23-38(22-36)30-50)42(24-43)31-53(46-16-13-39-8-4-6-10-44(39)51-46)47-17-14-40-9-5-7-11-45(40)52-47/h4-17,24,33-38H,18-23,25-32H2,1-3H3. The van der Waals surface area contributed by atoms with Crippen molar-refractivity contribution in [3.05, 3.63) is 108 Å². The van der Waals surface area contributed by atoms with Gasteiger partial charge < -0.3 is 0 Å². The molecule has 54 heavy (non-hydrogen) atoms. The number of hydrogen-bond acceptors (Lipinski definition) is 2. The molecule has 0 amide bonds. The normalized spacial score (nSPS) is 33.0. The highest BCUT2D eigenvalue weighted by Gasteiger charge is 2.62. The van der Waals surface area contributed by atoms with Gasteiger partial charge in [0, 0.05) is 24.9 Å². The van der Waals surface area contributed by atoms with Gasteiger partial charge in [-0.15, -0.1) is 0 Å². The molecule has 13 rings (SSSR count). The molecule has 278 valence electrons. The minimum absolute atomic E-state index is 0.100. The first-order valence-electron chi connectivity index (χ1n) is 21.6. The lowest BCUT2D eigenvalue weighted by molar-refractivity contribution is 0.0184. The molecule has 0 saturated heterocycles. The van der Waals surface area contributed by atoms with Crippen LogP contribution in [0.25, 0.3) is 21.8 Å². The first-order valence-corrected chi connectivity index (χ1v) is 24.6. The molecule has 8 aliphatic rings. The predicted octanol–water partition coefficient (Wildman–Crippen LogP) is 12.6. The van der Waals surface area contributed by atoms with Crippen molar-refractivity contribution in [3.63, 3.8) is 0 Å². The molecule has 8 fully saturated rings. The second kappa shape index (κ2) is 12.9. The van der Waals surface area contributed by atoms with E-state index >= 15 is 0 Å². The van der Waals surface area contributed by atoms with E-state index in [1.807, 2.05) is 0 Å². The van der Waals surface area contributed by atoms with Crippen LogP contribution in [0.5, 0.6) is 0 Å². The topological polar surface area (TPSA) is 25.8 Å². The van der Waals surface area contributed by atoms with Crippen LogP contribution in [-0.4, -0.2) is 20.3 Å². The summed E-state index contributed by atoms with van der Waals surface area (Å²) in [6.45, 7) is 7.21. The zero-order chi connectivity index (χ0) is 36.2. The molecule has 4 heteroatoms. The van der Waals surface area contributed by atoms with Crippen LogP contribution < -0.4 is 10.9 Å². The van der Waals surface area contributed by atoms with Gasteiger partial charge in [0.15, 0.2) is 0 Å². The highest BCUT2D eigenvalue weighted by atomic mass is 31.1. The van der Waals surface area contributed by atoms with Crippen LogP contribution in [0.2, 0.25) is 0 Å². The zero-order valence-corrected chi connectivity index (χ0v) is 34.6. The summed E-state index contributed by atoms with van der Waals surface area (Å²) >= 11 is 0. The van der Waals surface area contributed by atoms with E-state index in [0.717, 1.165) is 52.7 Å². The van der Waals surface area contributed by atoms with Gasteiger partial charge >= 0.3 is 0 Å². The van der Waals surface area contributed by atoms with Crippen LogP contribution >= 0.6 is 15.8 Å². The summed E-state index contributed by atoms with van der Waals surface area (Å²) in [7, 11) is -0.976. The average molecular weight is 749 g/mol. The smallest absolute Gasteiger partial charge is 0.0709 e. The largest absolute Gasteiger partial charge is 0.248 e. The van der Waals surface area contributed by atoms with E-state index in [1.165, 1.54) is 33.4 Å². The maximum absolute atomic E-state index is 5.44. The van der Waals surface area contributed by atoms with Gasteiger partial charge in [-0.3, -0.25) is 0 Å². The minimum atomic E-state index is -0.832. The molecule has 0 atom stereocenters. The number of pyridine rings is 2. The molecule has 8 bridgehead atoms. The molecule has 0 N–H and O–H groups in total. The summed E-state index contributed by atoms with van der Waals surface area (Å²) in [5.41, 5.74) is 9.48. The molecule has 0 spiro atoms. The van der Waals surface area contributed by atoms with Crippen molar-refractivity contribution in [2.45, 2.75) is 126 Å². The minimum Gasteiger partial charge on any atom is -0.248 e. The number of aromatic nitrogens is 2. The van der Waals surface area contributed by atoms with Crippen molar-refractivity contribution in [3.8, 4) is 0 Å². The monoisotopic (exact) mass is 748 g/mol. The second-order valence-electron chi connectivity index (χ2n) is 20.4. The summed E-state index contributed by atoms with van der Waals surface area (Å²) in [5, 5.41) is 3.69. The third-order valence-electron chi connectivity index (χ3n) is 15.6. The van der Waals surface area contributed by atoms with Crippen LogP contribution in [0.4, 0.5) is 0 Å².